The highest BCUT2D eigenvalue weighted by Crippen LogP contribution is 2.32. The Morgan fingerprint density at radius 3 is 2.69 bits per heavy atom. The predicted octanol–water partition coefficient (Wildman–Crippen LogP) is 2.39. The summed E-state index contributed by atoms with van der Waals surface area (Å²) in [6.07, 6.45) is 0. The Bertz CT molecular complexity index is 1010. The third kappa shape index (κ3) is 4.80. The van der Waals surface area contributed by atoms with Crippen LogP contribution in [0.25, 0.3) is 11.4 Å². The second-order valence-electron chi connectivity index (χ2n) is 6.23. The molecule has 0 atom stereocenters. The van der Waals surface area contributed by atoms with Crippen molar-refractivity contribution < 1.29 is 14.3 Å². The molecule has 152 valence electrons. The van der Waals surface area contributed by atoms with Crippen LogP contribution in [-0.2, 0) is 11.3 Å². The first-order valence-electron chi connectivity index (χ1n) is 8.90. The van der Waals surface area contributed by atoms with Gasteiger partial charge in [-0.2, -0.15) is 0 Å². The number of rotatable bonds is 8. The van der Waals surface area contributed by atoms with Crippen molar-refractivity contribution in [3.63, 3.8) is 0 Å². The Morgan fingerprint density at radius 2 is 1.97 bits per heavy atom. The SMILES string of the molecule is COc1ccc(-c2nnc(SCC(=O)NCc3ccccc3C)n2N)c(OC)c1. The molecule has 0 aliphatic rings. The maximum absolute atomic E-state index is 12.2. The van der Waals surface area contributed by atoms with Crippen LogP contribution in [0, 0.1) is 6.92 Å². The molecule has 9 heteroatoms. The van der Waals surface area contributed by atoms with E-state index in [9.17, 15) is 4.79 Å². The minimum Gasteiger partial charge on any atom is -0.497 e. The number of nitrogen functional groups attached to an aromatic ring is 1. The molecule has 0 aliphatic heterocycles. The summed E-state index contributed by atoms with van der Waals surface area (Å²) in [5.41, 5.74) is 2.90. The van der Waals surface area contributed by atoms with Crippen LogP contribution in [0.3, 0.4) is 0 Å². The second-order valence-corrected chi connectivity index (χ2v) is 7.18. The van der Waals surface area contributed by atoms with E-state index in [0.29, 0.717) is 34.6 Å². The van der Waals surface area contributed by atoms with Gasteiger partial charge in [-0.25, -0.2) is 4.68 Å². The number of benzene rings is 2. The number of carbonyl (C=O) groups excluding carboxylic acids is 1. The van der Waals surface area contributed by atoms with E-state index in [-0.39, 0.29) is 11.7 Å². The van der Waals surface area contributed by atoms with Crippen molar-refractivity contribution in [2.75, 3.05) is 25.8 Å². The van der Waals surface area contributed by atoms with E-state index < -0.39 is 0 Å². The summed E-state index contributed by atoms with van der Waals surface area (Å²) < 4.78 is 12.0. The molecule has 3 N–H and O–H groups in total. The van der Waals surface area contributed by atoms with E-state index in [0.717, 1.165) is 11.1 Å². The first-order chi connectivity index (χ1) is 14.0. The number of carbonyl (C=O) groups is 1. The summed E-state index contributed by atoms with van der Waals surface area (Å²) in [5, 5.41) is 11.6. The number of hydrogen-bond acceptors (Lipinski definition) is 7. The Hall–Kier alpha value is -3.20. The van der Waals surface area contributed by atoms with Crippen LogP contribution in [0.4, 0.5) is 0 Å². The van der Waals surface area contributed by atoms with Crippen molar-refractivity contribution in [1.29, 1.82) is 0 Å². The number of aryl methyl sites for hydroxylation is 1. The summed E-state index contributed by atoms with van der Waals surface area (Å²) in [6, 6.07) is 13.3. The average Bonchev–Trinajstić information content (AvgIpc) is 3.11. The number of nitrogens with zero attached hydrogens (tertiary/aromatic N) is 3. The number of nitrogens with one attached hydrogen (secondary N) is 1. The van der Waals surface area contributed by atoms with Crippen LogP contribution in [0.2, 0.25) is 0 Å². The monoisotopic (exact) mass is 413 g/mol. The maximum Gasteiger partial charge on any atom is 0.230 e. The van der Waals surface area contributed by atoms with Gasteiger partial charge in [-0.05, 0) is 30.2 Å². The second kappa shape index (κ2) is 9.33. The summed E-state index contributed by atoms with van der Waals surface area (Å²) in [7, 11) is 3.14. The van der Waals surface area contributed by atoms with Gasteiger partial charge in [-0.3, -0.25) is 4.79 Å². The summed E-state index contributed by atoms with van der Waals surface area (Å²) in [4.78, 5) is 12.2. The van der Waals surface area contributed by atoms with Gasteiger partial charge in [-0.1, -0.05) is 36.0 Å². The van der Waals surface area contributed by atoms with E-state index >= 15 is 0 Å². The zero-order valence-electron chi connectivity index (χ0n) is 16.5. The Kier molecular flexibility index (Phi) is 6.61. The van der Waals surface area contributed by atoms with Crippen LogP contribution in [0.5, 0.6) is 11.5 Å². The lowest BCUT2D eigenvalue weighted by atomic mass is 10.1. The molecular formula is C20H23N5O3S. The molecule has 0 spiro atoms. The minimum absolute atomic E-state index is 0.107. The lowest BCUT2D eigenvalue weighted by Crippen LogP contribution is -2.25. The molecule has 1 amide bonds. The highest BCUT2D eigenvalue weighted by molar-refractivity contribution is 7.99. The van der Waals surface area contributed by atoms with Gasteiger partial charge in [0.15, 0.2) is 5.82 Å². The van der Waals surface area contributed by atoms with Gasteiger partial charge in [0.25, 0.3) is 0 Å². The summed E-state index contributed by atoms with van der Waals surface area (Å²) in [6.45, 7) is 2.50. The zero-order chi connectivity index (χ0) is 20.8. The molecule has 0 unspecified atom stereocenters. The molecule has 0 saturated heterocycles. The number of thioether (sulfide) groups is 1. The molecule has 0 radical (unpaired) electrons. The third-order valence-corrected chi connectivity index (χ3v) is 5.33. The molecule has 0 aliphatic carbocycles. The molecule has 3 rings (SSSR count). The molecule has 3 aromatic rings. The van der Waals surface area contributed by atoms with Gasteiger partial charge in [0, 0.05) is 12.6 Å². The third-order valence-electron chi connectivity index (χ3n) is 4.38. The van der Waals surface area contributed by atoms with Crippen LogP contribution in [0.15, 0.2) is 47.6 Å². The predicted molar refractivity (Wildman–Crippen MR) is 112 cm³/mol. The number of nitrogens with two attached hydrogens (primary N) is 1. The van der Waals surface area contributed by atoms with Gasteiger partial charge in [0.05, 0.1) is 25.5 Å². The van der Waals surface area contributed by atoms with Gasteiger partial charge in [-0.15, -0.1) is 10.2 Å². The average molecular weight is 414 g/mol. The quantitative estimate of drug-likeness (QED) is 0.432. The Labute approximate surface area is 173 Å². The standard InChI is InChI=1S/C20H23N5O3S/c1-13-6-4-5-7-14(13)11-22-18(26)12-29-20-24-23-19(25(20)21)16-9-8-15(27-2)10-17(16)28-3/h4-10H,11-12,21H2,1-3H3,(H,22,26). The lowest BCUT2D eigenvalue weighted by Gasteiger charge is -2.10. The van der Waals surface area contributed by atoms with Crippen LogP contribution < -0.4 is 20.6 Å². The van der Waals surface area contributed by atoms with Crippen molar-refractivity contribution in [2.24, 2.45) is 0 Å². The molecule has 29 heavy (non-hydrogen) atoms. The van der Waals surface area contributed by atoms with E-state index in [2.05, 4.69) is 15.5 Å². The van der Waals surface area contributed by atoms with Gasteiger partial charge in [0.1, 0.15) is 11.5 Å². The summed E-state index contributed by atoms with van der Waals surface area (Å²) in [5.74, 6) is 7.89. The van der Waals surface area contributed by atoms with Gasteiger partial charge in [0.2, 0.25) is 11.1 Å². The van der Waals surface area contributed by atoms with Crippen molar-refractivity contribution in [1.82, 2.24) is 20.2 Å². The molecule has 0 saturated carbocycles. The van der Waals surface area contributed by atoms with E-state index in [1.165, 1.54) is 16.4 Å². The van der Waals surface area contributed by atoms with Crippen LogP contribution in [0.1, 0.15) is 11.1 Å². The first-order valence-corrected chi connectivity index (χ1v) is 9.89. The molecular weight excluding hydrogens is 390 g/mol. The van der Waals surface area contributed by atoms with E-state index in [1.807, 2.05) is 31.2 Å². The van der Waals surface area contributed by atoms with Crippen LogP contribution in [-0.4, -0.2) is 40.8 Å². The first kappa shape index (κ1) is 20.5. The van der Waals surface area contributed by atoms with Crippen molar-refractivity contribution >= 4 is 17.7 Å². The smallest absolute Gasteiger partial charge is 0.230 e. The zero-order valence-corrected chi connectivity index (χ0v) is 17.3. The number of methoxy groups -OCH3 is 2. The minimum atomic E-state index is -0.107. The topological polar surface area (TPSA) is 104 Å². The van der Waals surface area contributed by atoms with Gasteiger partial charge >= 0.3 is 0 Å². The van der Waals surface area contributed by atoms with Crippen molar-refractivity contribution in [3.8, 4) is 22.9 Å². The number of amides is 1. The molecule has 8 nitrogen and oxygen atoms in total. The summed E-state index contributed by atoms with van der Waals surface area (Å²) >= 11 is 1.22. The van der Waals surface area contributed by atoms with Crippen molar-refractivity contribution in [2.45, 2.75) is 18.6 Å². The van der Waals surface area contributed by atoms with Gasteiger partial charge < -0.3 is 20.6 Å². The molecule has 0 bridgehead atoms. The fraction of sp³-hybridized carbons (Fsp3) is 0.250. The molecule has 1 aromatic heterocycles. The number of hydrogen-bond donors (Lipinski definition) is 2. The lowest BCUT2D eigenvalue weighted by molar-refractivity contribution is -0.118. The highest BCUT2D eigenvalue weighted by atomic mass is 32.2. The maximum atomic E-state index is 12.2. The Balaban J connectivity index is 1.64. The van der Waals surface area contributed by atoms with E-state index in [4.69, 9.17) is 15.3 Å². The fourth-order valence-corrected chi connectivity index (χ4v) is 3.41. The molecule has 1 heterocycles. The number of ether oxygens (including phenoxy) is 2. The highest BCUT2D eigenvalue weighted by Gasteiger charge is 2.17. The molecule has 2 aromatic carbocycles. The van der Waals surface area contributed by atoms with Crippen molar-refractivity contribution in [3.05, 3.63) is 53.6 Å². The largest absolute Gasteiger partial charge is 0.497 e. The van der Waals surface area contributed by atoms with Crippen LogP contribution >= 0.6 is 11.8 Å². The Morgan fingerprint density at radius 1 is 1.17 bits per heavy atom. The van der Waals surface area contributed by atoms with E-state index in [1.54, 1.807) is 32.4 Å². The fourth-order valence-electron chi connectivity index (χ4n) is 2.73. The normalized spacial score (nSPS) is 10.6. The number of aromatic nitrogens is 3. The molecule has 0 fully saturated rings.